The second kappa shape index (κ2) is 9.64. The highest BCUT2D eigenvalue weighted by Gasteiger charge is 2.33. The molecular formula is C21H23Cl2FN2O3S. The molecule has 0 aromatic heterocycles. The van der Waals surface area contributed by atoms with Gasteiger partial charge >= 0.3 is 0 Å². The van der Waals surface area contributed by atoms with Crippen molar-refractivity contribution in [1.82, 2.24) is 9.62 Å². The van der Waals surface area contributed by atoms with Gasteiger partial charge in [-0.3, -0.25) is 4.79 Å². The van der Waals surface area contributed by atoms with E-state index in [9.17, 15) is 17.6 Å². The molecule has 1 heterocycles. The van der Waals surface area contributed by atoms with Gasteiger partial charge < -0.3 is 5.32 Å². The Kier molecular flexibility index (Phi) is 7.39. The fraction of sp³-hybridized carbons (Fsp3) is 0.381. The van der Waals surface area contributed by atoms with Gasteiger partial charge in [-0.2, -0.15) is 4.31 Å². The maximum absolute atomic E-state index is 13.4. The number of nitrogens with one attached hydrogen (secondary N) is 1. The Morgan fingerprint density at radius 2 is 1.80 bits per heavy atom. The van der Waals surface area contributed by atoms with Crippen molar-refractivity contribution in [2.75, 3.05) is 13.1 Å². The SMILES string of the molecule is CCC(NC(=O)C1CCN(S(=O)(=O)c2ccc(F)c(Cl)c2)CC1)c1ccc(Cl)cc1. The Hall–Kier alpha value is -1.67. The van der Waals surface area contributed by atoms with Gasteiger partial charge in [-0.25, -0.2) is 12.8 Å². The van der Waals surface area contributed by atoms with Crippen LogP contribution in [0.4, 0.5) is 4.39 Å². The van der Waals surface area contributed by atoms with E-state index < -0.39 is 15.8 Å². The molecule has 3 rings (SSSR count). The van der Waals surface area contributed by atoms with E-state index in [0.29, 0.717) is 17.9 Å². The second-order valence-electron chi connectivity index (χ2n) is 7.28. The van der Waals surface area contributed by atoms with Crippen LogP contribution in [-0.4, -0.2) is 31.7 Å². The monoisotopic (exact) mass is 472 g/mol. The third-order valence-electron chi connectivity index (χ3n) is 5.35. The molecule has 1 N–H and O–H groups in total. The Labute approximate surface area is 186 Å². The molecule has 1 unspecified atom stereocenters. The molecule has 1 aliphatic heterocycles. The molecule has 162 valence electrons. The molecule has 1 amide bonds. The summed E-state index contributed by atoms with van der Waals surface area (Å²) in [6, 6.07) is 10.6. The van der Waals surface area contributed by atoms with Crippen molar-refractivity contribution < 1.29 is 17.6 Å². The number of benzene rings is 2. The van der Waals surface area contributed by atoms with Crippen LogP contribution < -0.4 is 5.32 Å². The third-order valence-corrected chi connectivity index (χ3v) is 7.79. The number of amides is 1. The van der Waals surface area contributed by atoms with Crippen LogP contribution >= 0.6 is 23.2 Å². The second-order valence-corrected chi connectivity index (χ2v) is 10.1. The van der Waals surface area contributed by atoms with Crippen molar-refractivity contribution in [3.05, 3.63) is 63.9 Å². The molecule has 0 radical (unpaired) electrons. The molecule has 1 aliphatic rings. The van der Waals surface area contributed by atoms with Crippen LogP contribution in [0.2, 0.25) is 10.0 Å². The van der Waals surface area contributed by atoms with Crippen LogP contribution in [-0.2, 0) is 14.8 Å². The summed E-state index contributed by atoms with van der Waals surface area (Å²) in [6.07, 6.45) is 1.56. The van der Waals surface area contributed by atoms with E-state index in [4.69, 9.17) is 23.2 Å². The smallest absolute Gasteiger partial charge is 0.243 e. The van der Waals surface area contributed by atoms with E-state index in [1.54, 1.807) is 12.1 Å². The molecule has 0 spiro atoms. The largest absolute Gasteiger partial charge is 0.349 e. The first-order valence-corrected chi connectivity index (χ1v) is 11.9. The Morgan fingerprint density at radius 1 is 1.17 bits per heavy atom. The lowest BCUT2D eigenvalue weighted by Crippen LogP contribution is -2.43. The molecule has 30 heavy (non-hydrogen) atoms. The highest BCUT2D eigenvalue weighted by atomic mass is 35.5. The number of hydrogen-bond donors (Lipinski definition) is 1. The van der Waals surface area contributed by atoms with Crippen LogP contribution in [0.3, 0.4) is 0 Å². The third kappa shape index (κ3) is 5.14. The molecule has 1 saturated heterocycles. The minimum Gasteiger partial charge on any atom is -0.349 e. The molecule has 9 heteroatoms. The predicted octanol–water partition coefficient (Wildman–Crippen LogP) is 4.80. The Morgan fingerprint density at radius 3 is 2.37 bits per heavy atom. The van der Waals surface area contributed by atoms with Gasteiger partial charge in [0.25, 0.3) is 0 Å². The number of carbonyl (C=O) groups excluding carboxylic acids is 1. The van der Waals surface area contributed by atoms with Crippen LogP contribution in [0.1, 0.15) is 37.8 Å². The number of carbonyl (C=O) groups is 1. The number of nitrogens with zero attached hydrogens (tertiary/aromatic N) is 1. The van der Waals surface area contributed by atoms with Crippen LogP contribution in [0, 0.1) is 11.7 Å². The van der Waals surface area contributed by atoms with Gasteiger partial charge in [0, 0.05) is 24.0 Å². The summed E-state index contributed by atoms with van der Waals surface area (Å²) >= 11 is 11.7. The van der Waals surface area contributed by atoms with E-state index in [2.05, 4.69) is 5.32 Å². The first kappa shape index (κ1) is 23.0. The summed E-state index contributed by atoms with van der Waals surface area (Å²) in [4.78, 5) is 12.7. The summed E-state index contributed by atoms with van der Waals surface area (Å²) < 4.78 is 40.3. The number of rotatable bonds is 6. The summed E-state index contributed by atoms with van der Waals surface area (Å²) in [5.41, 5.74) is 0.975. The molecule has 2 aromatic rings. The van der Waals surface area contributed by atoms with E-state index in [1.807, 2.05) is 19.1 Å². The maximum Gasteiger partial charge on any atom is 0.243 e. The van der Waals surface area contributed by atoms with Crippen LogP contribution in [0.5, 0.6) is 0 Å². The van der Waals surface area contributed by atoms with Gasteiger partial charge in [0.2, 0.25) is 15.9 Å². The molecule has 1 atom stereocenters. The maximum atomic E-state index is 13.4. The van der Waals surface area contributed by atoms with Crippen molar-refractivity contribution in [3.8, 4) is 0 Å². The molecular weight excluding hydrogens is 450 g/mol. The predicted molar refractivity (Wildman–Crippen MR) is 116 cm³/mol. The Balaban J connectivity index is 1.62. The highest BCUT2D eigenvalue weighted by molar-refractivity contribution is 7.89. The lowest BCUT2D eigenvalue weighted by molar-refractivity contribution is -0.126. The number of halogens is 3. The van der Waals surface area contributed by atoms with E-state index in [-0.39, 0.29) is 40.9 Å². The first-order valence-electron chi connectivity index (χ1n) is 9.73. The summed E-state index contributed by atoms with van der Waals surface area (Å²) in [5, 5.41) is 3.46. The minimum absolute atomic E-state index is 0.0504. The van der Waals surface area contributed by atoms with Crippen LogP contribution in [0.15, 0.2) is 47.4 Å². The fourth-order valence-electron chi connectivity index (χ4n) is 3.55. The molecule has 0 aliphatic carbocycles. The van der Waals surface area contributed by atoms with Crippen molar-refractivity contribution in [2.45, 2.75) is 37.1 Å². The summed E-state index contributed by atoms with van der Waals surface area (Å²) in [7, 11) is -3.79. The van der Waals surface area contributed by atoms with Crippen molar-refractivity contribution in [3.63, 3.8) is 0 Å². The van der Waals surface area contributed by atoms with E-state index >= 15 is 0 Å². The highest BCUT2D eigenvalue weighted by Crippen LogP contribution is 2.27. The number of sulfonamides is 1. The quantitative estimate of drug-likeness (QED) is 0.656. The molecule has 1 fully saturated rings. The number of piperidine rings is 1. The average Bonchev–Trinajstić information content (AvgIpc) is 2.74. The van der Waals surface area contributed by atoms with E-state index in [1.165, 1.54) is 10.4 Å². The topological polar surface area (TPSA) is 66.5 Å². The summed E-state index contributed by atoms with van der Waals surface area (Å²) in [5.74, 6) is -1.02. The summed E-state index contributed by atoms with van der Waals surface area (Å²) in [6.45, 7) is 2.42. The van der Waals surface area contributed by atoms with Gasteiger partial charge in [-0.1, -0.05) is 42.3 Å². The van der Waals surface area contributed by atoms with Crippen molar-refractivity contribution >= 4 is 39.1 Å². The van der Waals surface area contributed by atoms with E-state index in [0.717, 1.165) is 24.1 Å². The molecule has 2 aromatic carbocycles. The zero-order valence-corrected chi connectivity index (χ0v) is 18.8. The Bertz CT molecular complexity index is 1010. The lowest BCUT2D eigenvalue weighted by Gasteiger charge is -2.31. The lowest BCUT2D eigenvalue weighted by atomic mass is 9.96. The van der Waals surface area contributed by atoms with Gasteiger partial charge in [-0.15, -0.1) is 0 Å². The molecule has 0 bridgehead atoms. The van der Waals surface area contributed by atoms with Gasteiger partial charge in [0.05, 0.1) is 16.0 Å². The zero-order valence-electron chi connectivity index (χ0n) is 16.4. The van der Waals surface area contributed by atoms with Crippen molar-refractivity contribution in [2.24, 2.45) is 5.92 Å². The normalized spacial score (nSPS) is 16.9. The fourth-order valence-corrected chi connectivity index (χ4v) is 5.42. The van der Waals surface area contributed by atoms with Gasteiger partial charge in [0.15, 0.2) is 0 Å². The van der Waals surface area contributed by atoms with Crippen LogP contribution in [0.25, 0.3) is 0 Å². The first-order chi connectivity index (χ1) is 14.2. The van der Waals surface area contributed by atoms with Gasteiger partial charge in [-0.05, 0) is 55.2 Å². The minimum atomic E-state index is -3.79. The molecule has 0 saturated carbocycles. The van der Waals surface area contributed by atoms with Crippen molar-refractivity contribution in [1.29, 1.82) is 0 Å². The standard InChI is InChI=1S/C21H23Cl2FN2O3S/c1-2-20(14-3-5-16(22)6-4-14)25-21(27)15-9-11-26(12-10-15)30(28,29)17-7-8-19(24)18(23)13-17/h3-8,13,15,20H,2,9-12H2,1H3,(H,25,27). The molecule has 5 nitrogen and oxygen atoms in total. The zero-order chi connectivity index (χ0) is 21.9. The average molecular weight is 473 g/mol. The van der Waals surface area contributed by atoms with Gasteiger partial charge in [0.1, 0.15) is 5.82 Å². The number of hydrogen-bond acceptors (Lipinski definition) is 3.